The van der Waals surface area contributed by atoms with E-state index in [1.54, 1.807) is 6.92 Å². The summed E-state index contributed by atoms with van der Waals surface area (Å²) in [6.45, 7) is 3.91. The Morgan fingerprint density at radius 2 is 2.18 bits per heavy atom. The van der Waals surface area contributed by atoms with E-state index in [0.717, 1.165) is 12.8 Å². The molecule has 0 N–H and O–H groups in total. The first kappa shape index (κ1) is 7.53. The van der Waals surface area contributed by atoms with Gasteiger partial charge in [0.2, 0.25) is 0 Å². The maximum Gasteiger partial charge on any atom is 0.114 e. The van der Waals surface area contributed by atoms with Crippen LogP contribution in [0.4, 0.5) is 4.39 Å². The van der Waals surface area contributed by atoms with Gasteiger partial charge in [-0.15, -0.1) is 0 Å². The average molecular weight is 157 g/mol. The summed E-state index contributed by atoms with van der Waals surface area (Å²) in [6.07, 6.45) is 1.82. The minimum absolute atomic E-state index is 0.289. The molecule has 2 bridgehead atoms. The Kier molecular flexibility index (Phi) is 1.35. The van der Waals surface area contributed by atoms with Gasteiger partial charge < -0.3 is 4.90 Å². The third-order valence-electron chi connectivity index (χ3n) is 3.73. The number of alkyl halides is 1. The van der Waals surface area contributed by atoms with Gasteiger partial charge >= 0.3 is 0 Å². The van der Waals surface area contributed by atoms with Crippen LogP contribution in [0.25, 0.3) is 0 Å². The van der Waals surface area contributed by atoms with Crippen LogP contribution in [-0.2, 0) is 0 Å². The molecule has 0 aromatic carbocycles. The molecule has 11 heavy (non-hydrogen) atoms. The van der Waals surface area contributed by atoms with Crippen molar-refractivity contribution in [3.05, 3.63) is 0 Å². The summed E-state index contributed by atoms with van der Waals surface area (Å²) in [5, 5.41) is 0. The van der Waals surface area contributed by atoms with Crippen LogP contribution in [0.15, 0.2) is 0 Å². The standard InChI is InChI=1S/C9H16FN/c1-6-8-4-7(11(6)3)5-9(8,2)10/h6-8H,4-5H2,1-3H3/t6-,7+,8+,9?/m1/s1. The van der Waals surface area contributed by atoms with Crippen molar-refractivity contribution in [3.8, 4) is 0 Å². The van der Waals surface area contributed by atoms with E-state index in [2.05, 4.69) is 18.9 Å². The molecule has 0 aromatic rings. The summed E-state index contributed by atoms with van der Waals surface area (Å²) in [5.74, 6) is 0.289. The van der Waals surface area contributed by atoms with Gasteiger partial charge in [0.15, 0.2) is 0 Å². The minimum atomic E-state index is -0.878. The Hall–Kier alpha value is -0.110. The zero-order valence-electron chi connectivity index (χ0n) is 7.47. The molecule has 0 spiro atoms. The molecular weight excluding hydrogens is 141 g/mol. The number of halogens is 1. The van der Waals surface area contributed by atoms with Crippen LogP contribution >= 0.6 is 0 Å². The highest BCUT2D eigenvalue weighted by molar-refractivity contribution is 5.07. The molecule has 1 saturated heterocycles. The molecule has 0 amide bonds. The molecular formula is C9H16FN. The number of hydrogen-bond donors (Lipinski definition) is 0. The second-order valence-electron chi connectivity index (χ2n) is 4.38. The third-order valence-corrected chi connectivity index (χ3v) is 3.73. The highest BCUT2D eigenvalue weighted by Gasteiger charge is 2.54. The van der Waals surface area contributed by atoms with E-state index >= 15 is 0 Å². The number of piperidine rings is 1. The maximum atomic E-state index is 13.7. The molecule has 1 nitrogen and oxygen atoms in total. The average Bonchev–Trinajstić information content (AvgIpc) is 2.31. The molecule has 1 saturated carbocycles. The van der Waals surface area contributed by atoms with Gasteiger partial charge in [0.05, 0.1) is 0 Å². The minimum Gasteiger partial charge on any atom is -0.300 e. The van der Waals surface area contributed by atoms with Gasteiger partial charge in [-0.1, -0.05) is 0 Å². The normalized spacial score (nSPS) is 57.3. The largest absolute Gasteiger partial charge is 0.300 e. The zero-order chi connectivity index (χ0) is 8.22. The van der Waals surface area contributed by atoms with Crippen LogP contribution in [0.1, 0.15) is 26.7 Å². The lowest BCUT2D eigenvalue weighted by Crippen LogP contribution is -2.45. The van der Waals surface area contributed by atoms with E-state index in [4.69, 9.17) is 0 Å². The molecule has 1 unspecified atom stereocenters. The van der Waals surface area contributed by atoms with E-state index in [1.165, 1.54) is 0 Å². The van der Waals surface area contributed by atoms with Crippen molar-refractivity contribution in [2.75, 3.05) is 7.05 Å². The first-order valence-electron chi connectivity index (χ1n) is 4.43. The van der Waals surface area contributed by atoms with Gasteiger partial charge in [-0.05, 0) is 33.7 Å². The molecule has 0 aromatic heterocycles. The van der Waals surface area contributed by atoms with Crippen molar-refractivity contribution in [2.24, 2.45) is 5.92 Å². The van der Waals surface area contributed by atoms with Gasteiger partial charge in [-0.2, -0.15) is 0 Å². The smallest absolute Gasteiger partial charge is 0.114 e. The van der Waals surface area contributed by atoms with Gasteiger partial charge in [0.25, 0.3) is 0 Å². The van der Waals surface area contributed by atoms with E-state index in [1.807, 2.05) is 0 Å². The second-order valence-corrected chi connectivity index (χ2v) is 4.38. The van der Waals surface area contributed by atoms with Crippen LogP contribution in [0.5, 0.6) is 0 Å². The quantitative estimate of drug-likeness (QED) is 0.518. The summed E-state index contributed by atoms with van der Waals surface area (Å²) >= 11 is 0. The molecule has 64 valence electrons. The fraction of sp³-hybridized carbons (Fsp3) is 1.00. The number of nitrogens with zero attached hydrogens (tertiary/aromatic N) is 1. The topological polar surface area (TPSA) is 3.24 Å². The van der Waals surface area contributed by atoms with Gasteiger partial charge in [-0.25, -0.2) is 4.39 Å². The number of fused-ring (bicyclic) bond motifs is 2. The fourth-order valence-electron chi connectivity index (χ4n) is 2.86. The summed E-state index contributed by atoms with van der Waals surface area (Å²) in [7, 11) is 2.12. The Labute approximate surface area is 67.6 Å². The van der Waals surface area contributed by atoms with Crippen molar-refractivity contribution >= 4 is 0 Å². The lowest BCUT2D eigenvalue weighted by Gasteiger charge is -2.36. The van der Waals surface area contributed by atoms with Crippen LogP contribution in [-0.4, -0.2) is 29.7 Å². The van der Waals surface area contributed by atoms with Crippen LogP contribution in [0.2, 0.25) is 0 Å². The summed E-state index contributed by atoms with van der Waals surface area (Å²) in [6, 6.07) is 0.966. The third kappa shape index (κ3) is 0.851. The number of hydrogen-bond acceptors (Lipinski definition) is 1. The van der Waals surface area contributed by atoms with Crippen molar-refractivity contribution in [1.82, 2.24) is 4.90 Å². The van der Waals surface area contributed by atoms with Crippen molar-refractivity contribution in [1.29, 1.82) is 0 Å². The van der Waals surface area contributed by atoms with Crippen molar-refractivity contribution in [2.45, 2.75) is 44.4 Å². The first-order chi connectivity index (χ1) is 5.02. The van der Waals surface area contributed by atoms with Crippen LogP contribution in [0, 0.1) is 5.92 Å². The number of likely N-dealkylation sites (tertiary alicyclic amines) is 1. The zero-order valence-corrected chi connectivity index (χ0v) is 7.47. The van der Waals surface area contributed by atoms with Gasteiger partial charge in [0.1, 0.15) is 5.67 Å². The Bertz CT molecular complexity index is 176. The first-order valence-corrected chi connectivity index (χ1v) is 4.43. The molecule has 2 rings (SSSR count). The molecule has 4 atom stereocenters. The van der Waals surface area contributed by atoms with E-state index < -0.39 is 5.67 Å². The lowest BCUT2D eigenvalue weighted by atomic mass is 9.88. The molecule has 1 aliphatic carbocycles. The monoisotopic (exact) mass is 157 g/mol. The molecule has 2 fully saturated rings. The summed E-state index contributed by atoms with van der Waals surface area (Å²) < 4.78 is 13.7. The Morgan fingerprint density at radius 3 is 2.55 bits per heavy atom. The van der Waals surface area contributed by atoms with Gasteiger partial charge in [-0.3, -0.25) is 0 Å². The Balaban J connectivity index is 2.23. The molecule has 1 aliphatic heterocycles. The van der Waals surface area contributed by atoms with Crippen LogP contribution < -0.4 is 0 Å². The maximum absolute atomic E-state index is 13.7. The number of rotatable bonds is 0. The second kappa shape index (κ2) is 1.98. The molecule has 0 radical (unpaired) electrons. The summed E-state index contributed by atoms with van der Waals surface area (Å²) in [5.41, 5.74) is -0.878. The molecule has 1 heterocycles. The SMILES string of the molecule is C[C@@H]1[C@@H]2C[C@@H](CC2(C)F)N1C. The lowest BCUT2D eigenvalue weighted by molar-refractivity contribution is 0.0396. The fourth-order valence-corrected chi connectivity index (χ4v) is 2.86. The van der Waals surface area contributed by atoms with E-state index in [0.29, 0.717) is 12.1 Å². The van der Waals surface area contributed by atoms with Gasteiger partial charge in [0, 0.05) is 18.0 Å². The van der Waals surface area contributed by atoms with E-state index in [9.17, 15) is 4.39 Å². The van der Waals surface area contributed by atoms with Crippen molar-refractivity contribution in [3.63, 3.8) is 0 Å². The van der Waals surface area contributed by atoms with Crippen LogP contribution in [0.3, 0.4) is 0 Å². The van der Waals surface area contributed by atoms with Crippen molar-refractivity contribution < 1.29 is 4.39 Å². The Morgan fingerprint density at radius 1 is 1.55 bits per heavy atom. The van der Waals surface area contributed by atoms with E-state index in [-0.39, 0.29) is 5.92 Å². The molecule has 2 heteroatoms. The highest BCUT2D eigenvalue weighted by Crippen LogP contribution is 2.49. The predicted octanol–water partition coefficient (Wildman–Crippen LogP) is 1.83. The summed E-state index contributed by atoms with van der Waals surface area (Å²) in [4.78, 5) is 2.33. The predicted molar refractivity (Wildman–Crippen MR) is 43.3 cm³/mol. The highest BCUT2D eigenvalue weighted by atomic mass is 19.1. The molecule has 2 aliphatic rings.